The van der Waals surface area contributed by atoms with E-state index in [1.165, 1.54) is 18.2 Å². The molecule has 0 aliphatic carbocycles. The Bertz CT molecular complexity index is 1000. The molecule has 142 valence electrons. The molecular formula is C21H17ClN2O4. The molecule has 0 unspecified atom stereocenters. The molecule has 0 spiro atoms. The van der Waals surface area contributed by atoms with E-state index in [-0.39, 0.29) is 11.6 Å². The number of carbonyl (C=O) groups is 1. The fraction of sp³-hybridized carbons (Fsp3) is 0.0952. The van der Waals surface area contributed by atoms with Crippen LogP contribution in [0.15, 0.2) is 66.7 Å². The first-order valence-corrected chi connectivity index (χ1v) is 8.84. The molecule has 3 aromatic carbocycles. The zero-order valence-corrected chi connectivity index (χ0v) is 15.8. The molecule has 0 fully saturated rings. The second-order valence-corrected chi connectivity index (χ2v) is 6.59. The molecule has 0 saturated carbocycles. The summed E-state index contributed by atoms with van der Waals surface area (Å²) in [7, 11) is 0. The number of benzene rings is 3. The maximum atomic E-state index is 12.4. The monoisotopic (exact) mass is 396 g/mol. The molecule has 0 aliphatic heterocycles. The van der Waals surface area contributed by atoms with Crippen molar-refractivity contribution in [2.75, 3.05) is 5.32 Å². The molecule has 1 N–H and O–H groups in total. The quantitative estimate of drug-likeness (QED) is 0.447. The number of hydrogen-bond donors (Lipinski definition) is 1. The Kier molecular flexibility index (Phi) is 5.91. The number of amides is 1. The SMILES string of the molecule is Cc1cc([N+](=O)[O-])ccc1NC(=O)c1ccc(COc2ccc(Cl)cc2)cc1. The number of rotatable bonds is 6. The number of non-ortho nitro benzene ring substituents is 1. The maximum Gasteiger partial charge on any atom is 0.269 e. The number of anilines is 1. The Balaban J connectivity index is 1.62. The van der Waals surface area contributed by atoms with Crippen molar-refractivity contribution in [3.05, 3.63) is 98.6 Å². The fourth-order valence-electron chi connectivity index (χ4n) is 2.55. The molecule has 0 aliphatic rings. The van der Waals surface area contributed by atoms with Gasteiger partial charge < -0.3 is 10.1 Å². The maximum absolute atomic E-state index is 12.4. The highest BCUT2D eigenvalue weighted by Crippen LogP contribution is 2.22. The standard InChI is InChI=1S/C21H17ClN2O4/c1-14-12-18(24(26)27)8-11-20(14)23-21(25)16-4-2-15(3-5-16)13-28-19-9-6-17(22)7-10-19/h2-12H,13H2,1H3,(H,23,25). The summed E-state index contributed by atoms with van der Waals surface area (Å²) in [4.78, 5) is 22.8. The Morgan fingerprint density at radius 1 is 1.07 bits per heavy atom. The lowest BCUT2D eigenvalue weighted by molar-refractivity contribution is -0.384. The molecule has 7 heteroatoms. The number of ether oxygens (including phenoxy) is 1. The van der Waals surface area contributed by atoms with E-state index in [1.807, 2.05) is 12.1 Å². The minimum atomic E-state index is -0.469. The molecule has 3 aromatic rings. The third kappa shape index (κ3) is 4.86. The highest BCUT2D eigenvalue weighted by Gasteiger charge is 2.11. The van der Waals surface area contributed by atoms with Gasteiger partial charge >= 0.3 is 0 Å². The average Bonchev–Trinajstić information content (AvgIpc) is 2.69. The number of nitro groups is 1. The predicted octanol–water partition coefficient (Wildman–Crippen LogP) is 5.39. The number of carbonyl (C=O) groups excluding carboxylic acids is 1. The van der Waals surface area contributed by atoms with E-state index in [0.29, 0.717) is 34.2 Å². The Labute approximate surface area is 166 Å². The number of hydrogen-bond acceptors (Lipinski definition) is 4. The van der Waals surface area contributed by atoms with Gasteiger partial charge in [-0.25, -0.2) is 0 Å². The van der Waals surface area contributed by atoms with Gasteiger partial charge in [0.05, 0.1) is 4.92 Å². The van der Waals surface area contributed by atoms with Gasteiger partial charge in [0.25, 0.3) is 11.6 Å². The first-order chi connectivity index (χ1) is 13.4. The van der Waals surface area contributed by atoms with Crippen molar-refractivity contribution in [2.45, 2.75) is 13.5 Å². The van der Waals surface area contributed by atoms with Crippen LogP contribution in [0.1, 0.15) is 21.5 Å². The van der Waals surface area contributed by atoms with E-state index < -0.39 is 4.92 Å². The van der Waals surface area contributed by atoms with Crippen molar-refractivity contribution in [1.82, 2.24) is 0 Å². The number of nitrogens with one attached hydrogen (secondary N) is 1. The van der Waals surface area contributed by atoms with Crippen LogP contribution in [-0.4, -0.2) is 10.8 Å². The largest absolute Gasteiger partial charge is 0.489 e. The van der Waals surface area contributed by atoms with Gasteiger partial charge in [-0.1, -0.05) is 23.7 Å². The van der Waals surface area contributed by atoms with Gasteiger partial charge in [-0.05, 0) is 60.5 Å². The Morgan fingerprint density at radius 3 is 2.36 bits per heavy atom. The van der Waals surface area contributed by atoms with Crippen molar-refractivity contribution in [1.29, 1.82) is 0 Å². The second kappa shape index (κ2) is 8.54. The highest BCUT2D eigenvalue weighted by atomic mass is 35.5. The van der Waals surface area contributed by atoms with Crippen LogP contribution >= 0.6 is 11.6 Å². The summed E-state index contributed by atoms with van der Waals surface area (Å²) in [6.45, 7) is 2.07. The van der Waals surface area contributed by atoms with Crippen LogP contribution in [0, 0.1) is 17.0 Å². The average molecular weight is 397 g/mol. The van der Waals surface area contributed by atoms with Gasteiger partial charge in [0.1, 0.15) is 12.4 Å². The Hall–Kier alpha value is -3.38. The summed E-state index contributed by atoms with van der Waals surface area (Å²) in [5, 5.41) is 14.2. The van der Waals surface area contributed by atoms with Crippen molar-refractivity contribution in [3.8, 4) is 5.75 Å². The van der Waals surface area contributed by atoms with Crippen LogP contribution < -0.4 is 10.1 Å². The van der Waals surface area contributed by atoms with Crippen LogP contribution in [0.2, 0.25) is 5.02 Å². The summed E-state index contributed by atoms with van der Waals surface area (Å²) < 4.78 is 5.68. The van der Waals surface area contributed by atoms with Gasteiger partial charge in [0.15, 0.2) is 0 Å². The molecule has 3 rings (SSSR count). The van der Waals surface area contributed by atoms with Crippen molar-refractivity contribution < 1.29 is 14.5 Å². The second-order valence-electron chi connectivity index (χ2n) is 6.15. The van der Waals surface area contributed by atoms with Crippen molar-refractivity contribution >= 4 is 28.9 Å². The summed E-state index contributed by atoms with van der Waals surface area (Å²) in [5.74, 6) is 0.419. The zero-order chi connectivity index (χ0) is 20.1. The molecule has 1 amide bonds. The number of nitro benzene ring substituents is 1. The summed E-state index contributed by atoms with van der Waals surface area (Å²) in [5.41, 5.74) is 2.54. The fourth-order valence-corrected chi connectivity index (χ4v) is 2.67. The number of halogens is 1. The minimum absolute atomic E-state index is 0.0134. The van der Waals surface area contributed by atoms with Crippen LogP contribution in [0.3, 0.4) is 0 Å². The first kappa shape index (κ1) is 19.4. The lowest BCUT2D eigenvalue weighted by Gasteiger charge is -2.09. The zero-order valence-electron chi connectivity index (χ0n) is 15.0. The van der Waals surface area contributed by atoms with Crippen molar-refractivity contribution in [2.24, 2.45) is 0 Å². The molecule has 0 atom stereocenters. The number of nitrogens with zero attached hydrogens (tertiary/aromatic N) is 1. The van der Waals surface area contributed by atoms with Gasteiger partial charge in [-0.2, -0.15) is 0 Å². The van der Waals surface area contributed by atoms with E-state index >= 15 is 0 Å². The number of aryl methyl sites for hydroxylation is 1. The summed E-state index contributed by atoms with van der Waals surface area (Å²) in [6, 6.07) is 18.4. The third-order valence-electron chi connectivity index (χ3n) is 4.10. The van der Waals surface area contributed by atoms with E-state index in [9.17, 15) is 14.9 Å². The normalized spacial score (nSPS) is 10.4. The van der Waals surface area contributed by atoms with Gasteiger partial charge in [-0.3, -0.25) is 14.9 Å². The molecule has 28 heavy (non-hydrogen) atoms. The van der Waals surface area contributed by atoms with E-state index in [0.717, 1.165) is 5.56 Å². The minimum Gasteiger partial charge on any atom is -0.489 e. The van der Waals surface area contributed by atoms with Crippen LogP contribution in [-0.2, 0) is 6.61 Å². The molecule has 0 bridgehead atoms. The smallest absolute Gasteiger partial charge is 0.269 e. The van der Waals surface area contributed by atoms with Crippen molar-refractivity contribution in [3.63, 3.8) is 0 Å². The van der Waals surface area contributed by atoms with Gasteiger partial charge in [0.2, 0.25) is 0 Å². The molecule has 6 nitrogen and oxygen atoms in total. The first-order valence-electron chi connectivity index (χ1n) is 8.46. The van der Waals surface area contributed by atoms with E-state index in [2.05, 4.69) is 5.32 Å². The molecule has 0 heterocycles. The Morgan fingerprint density at radius 2 is 1.75 bits per heavy atom. The van der Waals surface area contributed by atoms with Crippen LogP contribution in [0.25, 0.3) is 0 Å². The predicted molar refractivity (Wildman–Crippen MR) is 108 cm³/mol. The third-order valence-corrected chi connectivity index (χ3v) is 4.36. The van der Waals surface area contributed by atoms with Gasteiger partial charge in [-0.15, -0.1) is 0 Å². The summed E-state index contributed by atoms with van der Waals surface area (Å²) >= 11 is 5.84. The lowest BCUT2D eigenvalue weighted by Crippen LogP contribution is -2.13. The van der Waals surface area contributed by atoms with E-state index in [1.54, 1.807) is 43.3 Å². The lowest BCUT2D eigenvalue weighted by atomic mass is 10.1. The van der Waals surface area contributed by atoms with Crippen LogP contribution in [0.5, 0.6) is 5.75 Å². The molecule has 0 saturated heterocycles. The van der Waals surface area contributed by atoms with Crippen LogP contribution in [0.4, 0.5) is 11.4 Å². The summed E-state index contributed by atoms with van der Waals surface area (Å²) in [6.07, 6.45) is 0. The van der Waals surface area contributed by atoms with E-state index in [4.69, 9.17) is 16.3 Å². The topological polar surface area (TPSA) is 81.5 Å². The van der Waals surface area contributed by atoms with Gasteiger partial charge in [0, 0.05) is 28.4 Å². The molecule has 0 aromatic heterocycles. The highest BCUT2D eigenvalue weighted by molar-refractivity contribution is 6.30. The molecular weight excluding hydrogens is 380 g/mol. The molecule has 0 radical (unpaired) electrons.